The first-order chi connectivity index (χ1) is 13.9. The minimum absolute atomic E-state index is 0.0500. The summed E-state index contributed by atoms with van der Waals surface area (Å²) in [5.41, 5.74) is 1.95. The highest BCUT2D eigenvalue weighted by molar-refractivity contribution is 14.1. The SMILES string of the molecule is CCOc1cc(/C=C2\SC(=S)N(CC)C2=O)cc(I)c1OCc1ccc(Br)cc1. The van der Waals surface area contributed by atoms with Gasteiger partial charge < -0.3 is 9.47 Å². The van der Waals surface area contributed by atoms with E-state index in [1.54, 1.807) is 4.90 Å². The van der Waals surface area contributed by atoms with Gasteiger partial charge in [0, 0.05) is 11.0 Å². The third kappa shape index (κ3) is 5.53. The van der Waals surface area contributed by atoms with E-state index in [4.69, 9.17) is 21.7 Å². The van der Waals surface area contributed by atoms with Crippen molar-refractivity contribution in [1.82, 2.24) is 4.90 Å². The Morgan fingerprint density at radius 2 is 1.93 bits per heavy atom. The number of rotatable bonds is 7. The molecule has 2 aromatic carbocycles. The van der Waals surface area contributed by atoms with Crippen molar-refractivity contribution in [3.8, 4) is 11.5 Å². The second-order valence-corrected chi connectivity index (χ2v) is 9.86. The fourth-order valence-electron chi connectivity index (χ4n) is 2.73. The molecular weight excluding hydrogens is 585 g/mol. The van der Waals surface area contributed by atoms with Crippen LogP contribution in [0.4, 0.5) is 0 Å². The number of benzene rings is 2. The van der Waals surface area contributed by atoms with Crippen LogP contribution in [0.5, 0.6) is 11.5 Å². The maximum Gasteiger partial charge on any atom is 0.266 e. The van der Waals surface area contributed by atoms with Gasteiger partial charge in [-0.05, 0) is 77.9 Å². The Labute approximate surface area is 202 Å². The van der Waals surface area contributed by atoms with Crippen molar-refractivity contribution in [2.45, 2.75) is 20.5 Å². The van der Waals surface area contributed by atoms with Gasteiger partial charge in [-0.3, -0.25) is 9.69 Å². The number of hydrogen-bond donors (Lipinski definition) is 0. The lowest BCUT2D eigenvalue weighted by Crippen LogP contribution is -2.27. The van der Waals surface area contributed by atoms with Crippen molar-refractivity contribution >= 4 is 78.8 Å². The summed E-state index contributed by atoms with van der Waals surface area (Å²) in [4.78, 5) is 14.7. The number of amides is 1. The first-order valence-corrected chi connectivity index (χ1v) is 12.1. The quantitative estimate of drug-likeness (QED) is 0.212. The Morgan fingerprint density at radius 1 is 1.21 bits per heavy atom. The molecule has 0 saturated carbocycles. The molecule has 29 heavy (non-hydrogen) atoms. The van der Waals surface area contributed by atoms with E-state index in [1.807, 2.05) is 56.3 Å². The molecule has 4 nitrogen and oxygen atoms in total. The smallest absolute Gasteiger partial charge is 0.266 e. The number of carbonyl (C=O) groups excluding carboxylic acids is 1. The number of thioether (sulfide) groups is 1. The summed E-state index contributed by atoms with van der Waals surface area (Å²) >= 11 is 12.3. The molecule has 3 rings (SSSR count). The number of likely N-dealkylation sites (N-methyl/N-ethyl adjacent to an activating group) is 1. The van der Waals surface area contributed by atoms with Gasteiger partial charge in [0.15, 0.2) is 11.5 Å². The molecule has 0 radical (unpaired) electrons. The fraction of sp³-hybridized carbons (Fsp3) is 0.238. The van der Waals surface area contributed by atoms with Gasteiger partial charge in [0.25, 0.3) is 5.91 Å². The fourth-order valence-corrected chi connectivity index (χ4v) is 5.16. The standard InChI is InChI=1S/C21H19BrINO3S2/c1-3-24-20(25)18(29-21(24)28)11-14-9-16(23)19(17(10-14)26-4-2)27-12-13-5-7-15(22)8-6-13/h5-11H,3-4,12H2,1-2H3/b18-11-. The normalized spacial score (nSPS) is 15.3. The van der Waals surface area contributed by atoms with E-state index >= 15 is 0 Å². The van der Waals surface area contributed by atoms with E-state index in [0.717, 1.165) is 19.2 Å². The zero-order chi connectivity index (χ0) is 21.0. The molecule has 1 fully saturated rings. The van der Waals surface area contributed by atoms with Crippen LogP contribution >= 0.6 is 62.5 Å². The maximum atomic E-state index is 12.5. The van der Waals surface area contributed by atoms with E-state index in [-0.39, 0.29) is 5.91 Å². The van der Waals surface area contributed by atoms with Crippen LogP contribution in [-0.2, 0) is 11.4 Å². The Morgan fingerprint density at radius 3 is 2.55 bits per heavy atom. The Balaban J connectivity index is 1.86. The summed E-state index contributed by atoms with van der Waals surface area (Å²) in [5.74, 6) is 1.31. The van der Waals surface area contributed by atoms with Crippen LogP contribution in [-0.4, -0.2) is 28.3 Å². The maximum absolute atomic E-state index is 12.5. The molecule has 0 aromatic heterocycles. The summed E-state index contributed by atoms with van der Waals surface area (Å²) < 4.78 is 14.4. The van der Waals surface area contributed by atoms with E-state index in [9.17, 15) is 4.79 Å². The highest BCUT2D eigenvalue weighted by Gasteiger charge is 2.30. The van der Waals surface area contributed by atoms with Crippen LogP contribution in [0, 0.1) is 3.57 Å². The molecule has 0 atom stereocenters. The Hall–Kier alpha value is -1.10. The largest absolute Gasteiger partial charge is 0.490 e. The summed E-state index contributed by atoms with van der Waals surface area (Å²) in [5, 5.41) is 0. The van der Waals surface area contributed by atoms with Gasteiger partial charge in [0.2, 0.25) is 0 Å². The molecule has 8 heteroatoms. The van der Waals surface area contributed by atoms with Gasteiger partial charge in [-0.15, -0.1) is 0 Å². The molecule has 0 N–H and O–H groups in total. The van der Waals surface area contributed by atoms with Crippen LogP contribution in [0.25, 0.3) is 6.08 Å². The van der Waals surface area contributed by atoms with Gasteiger partial charge in [-0.25, -0.2) is 0 Å². The average Bonchev–Trinajstić information content (AvgIpc) is 2.95. The van der Waals surface area contributed by atoms with Crippen LogP contribution in [0.1, 0.15) is 25.0 Å². The number of halogens is 2. The van der Waals surface area contributed by atoms with Crippen molar-refractivity contribution in [3.63, 3.8) is 0 Å². The molecule has 1 heterocycles. The van der Waals surface area contributed by atoms with Gasteiger partial charge in [-0.2, -0.15) is 0 Å². The molecule has 1 amide bonds. The summed E-state index contributed by atoms with van der Waals surface area (Å²) in [7, 11) is 0. The van der Waals surface area contributed by atoms with E-state index < -0.39 is 0 Å². The number of hydrogen-bond acceptors (Lipinski definition) is 5. The van der Waals surface area contributed by atoms with Crippen LogP contribution in [0.15, 0.2) is 45.8 Å². The first-order valence-electron chi connectivity index (χ1n) is 9.01. The summed E-state index contributed by atoms with van der Waals surface area (Å²) in [6.07, 6.45) is 1.86. The second kappa shape index (κ2) is 10.3. The molecule has 1 aliphatic heterocycles. The lowest BCUT2D eigenvalue weighted by Gasteiger charge is -2.15. The molecule has 0 aliphatic carbocycles. The number of nitrogens with zero attached hydrogens (tertiary/aromatic N) is 1. The highest BCUT2D eigenvalue weighted by atomic mass is 127. The highest BCUT2D eigenvalue weighted by Crippen LogP contribution is 2.38. The molecule has 0 unspecified atom stereocenters. The summed E-state index contributed by atoms with van der Waals surface area (Å²) in [6.45, 7) is 5.39. The van der Waals surface area contributed by atoms with E-state index in [1.165, 1.54) is 11.8 Å². The third-order valence-corrected chi connectivity index (χ3v) is 6.82. The van der Waals surface area contributed by atoms with Gasteiger partial charge in [-0.1, -0.05) is 52.0 Å². The zero-order valence-corrected chi connectivity index (χ0v) is 21.3. The number of ether oxygens (including phenoxy) is 2. The van der Waals surface area contributed by atoms with E-state index in [2.05, 4.69) is 38.5 Å². The topological polar surface area (TPSA) is 38.8 Å². The predicted octanol–water partition coefficient (Wildman–Crippen LogP) is 6.25. The molecule has 1 saturated heterocycles. The van der Waals surface area contributed by atoms with Crippen molar-refractivity contribution in [1.29, 1.82) is 0 Å². The third-order valence-electron chi connectivity index (χ3n) is 4.12. The Kier molecular flexibility index (Phi) is 8.00. The molecular formula is C21H19BrINO3S2. The van der Waals surface area contributed by atoms with Crippen molar-refractivity contribution in [3.05, 3.63) is 60.5 Å². The van der Waals surface area contributed by atoms with Crippen LogP contribution in [0.2, 0.25) is 0 Å². The van der Waals surface area contributed by atoms with Crippen LogP contribution in [0.3, 0.4) is 0 Å². The number of thiocarbonyl (C=S) groups is 1. The van der Waals surface area contributed by atoms with Crippen molar-refractivity contribution in [2.24, 2.45) is 0 Å². The average molecular weight is 604 g/mol. The van der Waals surface area contributed by atoms with E-state index in [0.29, 0.717) is 40.5 Å². The van der Waals surface area contributed by atoms with Crippen molar-refractivity contribution in [2.75, 3.05) is 13.2 Å². The van der Waals surface area contributed by atoms with Gasteiger partial charge in [0.1, 0.15) is 10.9 Å². The number of carbonyl (C=O) groups is 1. The molecule has 152 valence electrons. The lowest BCUT2D eigenvalue weighted by atomic mass is 10.1. The molecule has 0 bridgehead atoms. The minimum Gasteiger partial charge on any atom is -0.490 e. The summed E-state index contributed by atoms with van der Waals surface area (Å²) in [6, 6.07) is 11.9. The Bertz CT molecular complexity index is 963. The monoisotopic (exact) mass is 603 g/mol. The molecule has 2 aromatic rings. The lowest BCUT2D eigenvalue weighted by molar-refractivity contribution is -0.121. The first kappa shape index (κ1) is 22.6. The zero-order valence-electron chi connectivity index (χ0n) is 15.9. The predicted molar refractivity (Wildman–Crippen MR) is 134 cm³/mol. The molecule has 0 spiro atoms. The molecule has 1 aliphatic rings. The van der Waals surface area contributed by atoms with Gasteiger partial charge >= 0.3 is 0 Å². The second-order valence-electron chi connectivity index (χ2n) is 6.10. The van der Waals surface area contributed by atoms with Crippen molar-refractivity contribution < 1.29 is 14.3 Å². The van der Waals surface area contributed by atoms with Crippen LogP contribution < -0.4 is 9.47 Å². The minimum atomic E-state index is -0.0500. The van der Waals surface area contributed by atoms with Gasteiger partial charge in [0.05, 0.1) is 15.1 Å².